The van der Waals surface area contributed by atoms with Crippen LogP contribution in [-0.4, -0.2) is 5.78 Å². The molecule has 68 valence electrons. The van der Waals surface area contributed by atoms with Gasteiger partial charge in [-0.2, -0.15) is 0 Å². The zero-order valence-electron chi connectivity index (χ0n) is 8.10. The topological polar surface area (TPSA) is 17.1 Å². The summed E-state index contributed by atoms with van der Waals surface area (Å²) in [5.41, 5.74) is 1.38. The number of allylic oxidation sites excluding steroid dienone is 2. The zero-order chi connectivity index (χ0) is 8.97. The van der Waals surface area contributed by atoms with Gasteiger partial charge in [0.25, 0.3) is 0 Å². The molecule has 0 bridgehead atoms. The lowest BCUT2D eigenvalue weighted by Crippen LogP contribution is -2.11. The van der Waals surface area contributed by atoms with Gasteiger partial charge >= 0.3 is 0 Å². The summed E-state index contributed by atoms with van der Waals surface area (Å²) in [5.74, 6) is 0.980. The molecule has 0 aromatic heterocycles. The van der Waals surface area contributed by atoms with E-state index in [0.717, 1.165) is 19.3 Å². The molecule has 1 aliphatic carbocycles. The van der Waals surface area contributed by atoms with E-state index >= 15 is 0 Å². The van der Waals surface area contributed by atoms with Crippen LogP contribution in [0.2, 0.25) is 0 Å². The van der Waals surface area contributed by atoms with E-state index in [2.05, 4.69) is 13.8 Å². The Morgan fingerprint density at radius 1 is 1.58 bits per heavy atom. The molecule has 1 rings (SSSR count). The lowest BCUT2D eigenvalue weighted by molar-refractivity contribution is -0.115. The third-order valence-electron chi connectivity index (χ3n) is 2.62. The first-order chi connectivity index (χ1) is 5.74. The van der Waals surface area contributed by atoms with E-state index < -0.39 is 0 Å². The van der Waals surface area contributed by atoms with Crippen molar-refractivity contribution in [1.82, 2.24) is 0 Å². The van der Waals surface area contributed by atoms with Crippen molar-refractivity contribution in [3.05, 3.63) is 11.6 Å². The van der Waals surface area contributed by atoms with Crippen LogP contribution in [0.3, 0.4) is 0 Å². The molecule has 12 heavy (non-hydrogen) atoms. The number of hydrogen-bond acceptors (Lipinski definition) is 1. The van der Waals surface area contributed by atoms with Gasteiger partial charge < -0.3 is 0 Å². The minimum absolute atomic E-state index is 0.333. The van der Waals surface area contributed by atoms with Gasteiger partial charge in [-0.25, -0.2) is 0 Å². The molecular formula is C11H18O. The van der Waals surface area contributed by atoms with Gasteiger partial charge in [0, 0.05) is 6.42 Å². The van der Waals surface area contributed by atoms with Gasteiger partial charge in [-0.05, 0) is 31.3 Å². The fourth-order valence-electron chi connectivity index (χ4n) is 1.66. The van der Waals surface area contributed by atoms with Crippen LogP contribution in [0, 0.1) is 5.92 Å². The molecule has 0 radical (unpaired) electrons. The van der Waals surface area contributed by atoms with E-state index in [1.807, 2.05) is 6.08 Å². The van der Waals surface area contributed by atoms with E-state index in [4.69, 9.17) is 0 Å². The summed E-state index contributed by atoms with van der Waals surface area (Å²) in [6.07, 6.45) is 7.28. The minimum atomic E-state index is 0.333. The summed E-state index contributed by atoms with van der Waals surface area (Å²) < 4.78 is 0. The fraction of sp³-hybridized carbons (Fsp3) is 0.727. The van der Waals surface area contributed by atoms with Crippen molar-refractivity contribution >= 4 is 5.78 Å². The summed E-state index contributed by atoms with van der Waals surface area (Å²) in [4.78, 5) is 11.1. The Bertz CT molecular complexity index is 191. The second kappa shape index (κ2) is 4.44. The van der Waals surface area contributed by atoms with Crippen LogP contribution in [0.1, 0.15) is 46.0 Å². The van der Waals surface area contributed by atoms with Gasteiger partial charge in [0.2, 0.25) is 0 Å². The first kappa shape index (κ1) is 9.50. The molecule has 0 saturated heterocycles. The highest BCUT2D eigenvalue weighted by atomic mass is 16.1. The van der Waals surface area contributed by atoms with Crippen molar-refractivity contribution in [2.45, 2.75) is 46.0 Å². The second-order valence-electron chi connectivity index (χ2n) is 3.73. The predicted octanol–water partition coefficient (Wildman–Crippen LogP) is 3.10. The van der Waals surface area contributed by atoms with Crippen LogP contribution in [0.25, 0.3) is 0 Å². The molecule has 0 aromatic carbocycles. The Balaban J connectivity index is 2.52. The quantitative estimate of drug-likeness (QED) is 0.629. The Morgan fingerprint density at radius 3 is 3.00 bits per heavy atom. The maximum absolute atomic E-state index is 11.1. The predicted molar refractivity (Wildman–Crippen MR) is 51.0 cm³/mol. The van der Waals surface area contributed by atoms with Crippen LogP contribution in [0.4, 0.5) is 0 Å². The Morgan fingerprint density at radius 2 is 2.33 bits per heavy atom. The Kier molecular flexibility index (Phi) is 3.51. The van der Waals surface area contributed by atoms with Crippen LogP contribution in [-0.2, 0) is 4.79 Å². The molecule has 0 aromatic rings. The van der Waals surface area contributed by atoms with Crippen molar-refractivity contribution in [3.63, 3.8) is 0 Å². The zero-order valence-corrected chi connectivity index (χ0v) is 8.10. The number of hydrogen-bond donors (Lipinski definition) is 0. The average Bonchev–Trinajstić information content (AvgIpc) is 2.07. The van der Waals surface area contributed by atoms with Crippen molar-refractivity contribution in [1.29, 1.82) is 0 Å². The van der Waals surface area contributed by atoms with Crippen LogP contribution in [0.5, 0.6) is 0 Å². The molecular weight excluding hydrogens is 148 g/mol. The van der Waals surface area contributed by atoms with Crippen LogP contribution >= 0.6 is 0 Å². The maximum atomic E-state index is 11.1. The van der Waals surface area contributed by atoms with Crippen molar-refractivity contribution in [3.8, 4) is 0 Å². The lowest BCUT2D eigenvalue weighted by atomic mass is 9.86. The highest BCUT2D eigenvalue weighted by molar-refractivity contribution is 5.91. The molecule has 0 N–H and O–H groups in total. The third-order valence-corrected chi connectivity index (χ3v) is 2.62. The van der Waals surface area contributed by atoms with E-state index in [-0.39, 0.29) is 0 Å². The van der Waals surface area contributed by atoms with Gasteiger partial charge in [-0.1, -0.05) is 25.8 Å². The minimum Gasteiger partial charge on any atom is -0.295 e. The van der Waals surface area contributed by atoms with Crippen LogP contribution in [0.15, 0.2) is 11.6 Å². The molecule has 1 nitrogen and oxygen atoms in total. The van der Waals surface area contributed by atoms with E-state index in [9.17, 15) is 4.79 Å². The largest absolute Gasteiger partial charge is 0.295 e. The summed E-state index contributed by atoms with van der Waals surface area (Å²) in [6, 6.07) is 0. The molecule has 0 aliphatic heterocycles. The summed E-state index contributed by atoms with van der Waals surface area (Å²) in [6.45, 7) is 4.42. The summed E-state index contributed by atoms with van der Waals surface area (Å²) in [7, 11) is 0. The average molecular weight is 166 g/mol. The lowest BCUT2D eigenvalue weighted by Gasteiger charge is -2.19. The highest BCUT2D eigenvalue weighted by Crippen LogP contribution is 2.26. The monoisotopic (exact) mass is 166 g/mol. The van der Waals surface area contributed by atoms with Gasteiger partial charge in [-0.3, -0.25) is 4.79 Å². The number of ketones is 1. The Labute approximate surface area is 74.9 Å². The van der Waals surface area contributed by atoms with E-state index in [0.29, 0.717) is 11.7 Å². The van der Waals surface area contributed by atoms with Crippen molar-refractivity contribution in [2.24, 2.45) is 5.92 Å². The number of unbranched alkanes of at least 4 members (excludes halogenated alkanes) is 1. The molecule has 0 unspecified atom stereocenters. The fourth-order valence-corrected chi connectivity index (χ4v) is 1.66. The molecule has 1 heteroatoms. The first-order valence-corrected chi connectivity index (χ1v) is 4.97. The molecule has 0 fully saturated rings. The first-order valence-electron chi connectivity index (χ1n) is 4.97. The Hall–Kier alpha value is -0.590. The second-order valence-corrected chi connectivity index (χ2v) is 3.73. The van der Waals surface area contributed by atoms with Crippen LogP contribution < -0.4 is 0 Å². The molecule has 0 saturated carbocycles. The summed E-state index contributed by atoms with van der Waals surface area (Å²) in [5, 5.41) is 0. The molecule has 0 amide bonds. The van der Waals surface area contributed by atoms with Gasteiger partial charge in [0.1, 0.15) is 0 Å². The molecule has 0 heterocycles. The van der Waals surface area contributed by atoms with Gasteiger partial charge in [0.15, 0.2) is 5.78 Å². The maximum Gasteiger partial charge on any atom is 0.155 e. The number of carbonyl (C=O) groups is 1. The summed E-state index contributed by atoms with van der Waals surface area (Å²) >= 11 is 0. The number of carbonyl (C=O) groups excluding carboxylic acids is 1. The molecule has 0 spiro atoms. The van der Waals surface area contributed by atoms with Crippen molar-refractivity contribution < 1.29 is 4.79 Å². The van der Waals surface area contributed by atoms with Crippen molar-refractivity contribution in [2.75, 3.05) is 0 Å². The molecule has 1 atom stereocenters. The van der Waals surface area contributed by atoms with E-state index in [1.54, 1.807) is 0 Å². The molecule has 1 aliphatic rings. The smallest absolute Gasteiger partial charge is 0.155 e. The normalized spacial score (nSPS) is 24.0. The van der Waals surface area contributed by atoms with E-state index in [1.165, 1.54) is 18.4 Å². The highest BCUT2D eigenvalue weighted by Gasteiger charge is 2.16. The van der Waals surface area contributed by atoms with Gasteiger partial charge in [0.05, 0.1) is 0 Å². The standard InChI is InChI=1S/C11H18O/c1-3-4-5-10-8-11(12)7-6-9(10)2/h8-9H,3-7H2,1-2H3/t9-/m0/s1. The van der Waals surface area contributed by atoms with Gasteiger partial charge in [-0.15, -0.1) is 0 Å². The third kappa shape index (κ3) is 2.47. The number of rotatable bonds is 3. The SMILES string of the molecule is CCCCC1=CC(=O)CC[C@@H]1C.